The van der Waals surface area contributed by atoms with Crippen LogP contribution in [0.15, 0.2) is 39.0 Å². The Morgan fingerprint density at radius 3 is 2.17 bits per heavy atom. The van der Waals surface area contributed by atoms with Crippen LogP contribution in [0, 0.1) is 20.2 Å². The quantitative estimate of drug-likeness (QED) is 0.203. The van der Waals surface area contributed by atoms with Crippen molar-refractivity contribution in [1.29, 1.82) is 0 Å². The van der Waals surface area contributed by atoms with Gasteiger partial charge in [-0.05, 0) is 22.0 Å². The Morgan fingerprint density at radius 1 is 1.03 bits per heavy atom. The number of ether oxygens (including phenoxy) is 3. The summed E-state index contributed by atoms with van der Waals surface area (Å²) in [7, 11) is 4.61. The zero-order chi connectivity index (χ0) is 26.8. The van der Waals surface area contributed by atoms with E-state index in [1.165, 1.54) is 20.1 Å². The Hall–Kier alpha value is -3.69. The molecule has 2 rings (SSSR count). The number of nitro groups is 2. The molecule has 0 heterocycles. The number of non-ortho nitro benzene ring substituents is 1. The van der Waals surface area contributed by atoms with Crippen molar-refractivity contribution in [2.24, 2.45) is 10.2 Å². The summed E-state index contributed by atoms with van der Waals surface area (Å²) in [5.41, 5.74) is -0.299. The van der Waals surface area contributed by atoms with Gasteiger partial charge in [-0.25, -0.2) is 0 Å². The highest BCUT2D eigenvalue weighted by atomic mass is 79.9. The van der Waals surface area contributed by atoms with Gasteiger partial charge in [-0.3, -0.25) is 25.0 Å². The molecule has 2 aromatic carbocycles. The summed E-state index contributed by atoms with van der Waals surface area (Å²) < 4.78 is 15.9. The monoisotopic (exact) mass is 568 g/mol. The molecule has 0 saturated carbocycles. The molecule has 0 unspecified atom stereocenters. The van der Waals surface area contributed by atoms with Crippen molar-refractivity contribution in [3.63, 3.8) is 0 Å². The summed E-state index contributed by atoms with van der Waals surface area (Å²) in [5.74, 6) is 0.00733. The van der Waals surface area contributed by atoms with E-state index in [1.54, 1.807) is 20.3 Å². The lowest BCUT2D eigenvalue weighted by atomic mass is 10.2. The standard InChI is InChI=1S/C21H25BrN6O8/c1-13(29)23-16-11-18(26(5-7-34-2)6-8-35-3)20(36-4)12-17(16)24-25-21-15(22)9-14(27(30)31)10-19(21)28(32)33/h9-12H,5-8H2,1-4H3,(H,23,29). The first-order valence-corrected chi connectivity index (χ1v) is 11.2. The maximum atomic E-state index is 11.9. The largest absolute Gasteiger partial charge is 0.494 e. The van der Waals surface area contributed by atoms with Gasteiger partial charge in [0.25, 0.3) is 5.69 Å². The molecule has 194 valence electrons. The van der Waals surface area contributed by atoms with Crippen molar-refractivity contribution in [3.05, 3.63) is 49.0 Å². The fourth-order valence-corrected chi connectivity index (χ4v) is 3.63. The first-order valence-electron chi connectivity index (χ1n) is 10.4. The summed E-state index contributed by atoms with van der Waals surface area (Å²) in [6.07, 6.45) is 0. The molecule has 0 radical (unpaired) electrons. The van der Waals surface area contributed by atoms with E-state index in [1.807, 2.05) is 4.90 Å². The van der Waals surface area contributed by atoms with Crippen LogP contribution in [0.4, 0.5) is 34.1 Å². The fourth-order valence-electron chi connectivity index (χ4n) is 3.11. The second kappa shape index (κ2) is 13.4. The van der Waals surface area contributed by atoms with Crippen molar-refractivity contribution >= 4 is 56.0 Å². The molecule has 0 aliphatic rings. The van der Waals surface area contributed by atoms with E-state index in [2.05, 4.69) is 31.5 Å². The molecular formula is C21H25BrN6O8. The molecule has 14 nitrogen and oxygen atoms in total. The SMILES string of the molecule is COCCN(CCOC)c1cc(NC(C)=O)c(N=Nc2c(Br)cc([N+](=O)[O-])cc2[N+](=O)[O-])cc1OC. The second-order valence-corrected chi connectivity index (χ2v) is 8.06. The van der Waals surface area contributed by atoms with E-state index < -0.39 is 21.2 Å². The van der Waals surface area contributed by atoms with Crippen molar-refractivity contribution in [1.82, 2.24) is 0 Å². The van der Waals surface area contributed by atoms with Gasteiger partial charge >= 0.3 is 5.69 Å². The molecule has 36 heavy (non-hydrogen) atoms. The third-order valence-electron chi connectivity index (χ3n) is 4.77. The number of nitrogens with zero attached hydrogens (tertiary/aromatic N) is 5. The predicted molar refractivity (Wildman–Crippen MR) is 135 cm³/mol. The number of azo groups is 1. The van der Waals surface area contributed by atoms with Crippen molar-refractivity contribution in [2.45, 2.75) is 6.92 Å². The molecular weight excluding hydrogens is 544 g/mol. The highest BCUT2D eigenvalue weighted by molar-refractivity contribution is 9.10. The molecule has 0 aliphatic carbocycles. The van der Waals surface area contributed by atoms with Gasteiger partial charge in [0.2, 0.25) is 5.91 Å². The minimum Gasteiger partial charge on any atom is -0.494 e. The number of amides is 1. The number of rotatable bonds is 13. The zero-order valence-corrected chi connectivity index (χ0v) is 21.6. The Kier molecular flexibility index (Phi) is 10.6. The molecule has 0 spiro atoms. The Labute approximate surface area is 214 Å². The van der Waals surface area contributed by atoms with Crippen LogP contribution in [0.2, 0.25) is 0 Å². The summed E-state index contributed by atoms with van der Waals surface area (Å²) in [5, 5.41) is 33.4. The Bertz CT molecular complexity index is 1150. The maximum absolute atomic E-state index is 11.9. The first-order chi connectivity index (χ1) is 17.1. The smallest absolute Gasteiger partial charge is 0.304 e. The lowest BCUT2D eigenvalue weighted by Gasteiger charge is -2.27. The van der Waals surface area contributed by atoms with Crippen LogP contribution in [0.3, 0.4) is 0 Å². The minimum atomic E-state index is -0.798. The molecule has 0 fully saturated rings. The van der Waals surface area contributed by atoms with E-state index in [-0.39, 0.29) is 27.4 Å². The Balaban J connectivity index is 2.64. The van der Waals surface area contributed by atoms with Crippen LogP contribution in [0.1, 0.15) is 6.92 Å². The summed E-state index contributed by atoms with van der Waals surface area (Å²) in [4.78, 5) is 34.9. The number of methoxy groups -OCH3 is 3. The molecule has 0 atom stereocenters. The predicted octanol–water partition coefficient (Wildman–Crippen LogP) is 4.75. The molecule has 0 aliphatic heterocycles. The van der Waals surface area contributed by atoms with Gasteiger partial charge in [0, 0.05) is 46.4 Å². The van der Waals surface area contributed by atoms with Crippen molar-refractivity contribution in [3.8, 4) is 5.75 Å². The van der Waals surface area contributed by atoms with Crippen LogP contribution >= 0.6 is 15.9 Å². The number of carbonyl (C=O) groups is 1. The number of hydrogen-bond acceptors (Lipinski definition) is 11. The summed E-state index contributed by atoms with van der Waals surface area (Å²) in [6.45, 7) is 3.15. The minimum absolute atomic E-state index is 0.00196. The number of anilines is 2. The van der Waals surface area contributed by atoms with E-state index in [4.69, 9.17) is 14.2 Å². The van der Waals surface area contributed by atoms with Crippen molar-refractivity contribution in [2.75, 3.05) is 57.8 Å². The number of hydrogen-bond donors (Lipinski definition) is 1. The molecule has 1 N–H and O–H groups in total. The van der Waals surface area contributed by atoms with E-state index >= 15 is 0 Å². The normalized spacial score (nSPS) is 10.9. The van der Waals surface area contributed by atoms with Gasteiger partial charge < -0.3 is 24.4 Å². The molecule has 1 amide bonds. The maximum Gasteiger partial charge on any atom is 0.304 e. The lowest BCUT2D eigenvalue weighted by Crippen LogP contribution is -2.31. The highest BCUT2D eigenvalue weighted by Gasteiger charge is 2.24. The van der Waals surface area contributed by atoms with Crippen LogP contribution in [-0.4, -0.2) is 63.4 Å². The average Bonchev–Trinajstić information content (AvgIpc) is 2.82. The number of benzene rings is 2. The molecule has 15 heteroatoms. The van der Waals surface area contributed by atoms with Gasteiger partial charge in [0.15, 0.2) is 5.69 Å². The molecule has 0 saturated heterocycles. The highest BCUT2D eigenvalue weighted by Crippen LogP contribution is 2.42. The van der Waals surface area contributed by atoms with Gasteiger partial charge in [-0.2, -0.15) is 0 Å². The van der Waals surface area contributed by atoms with E-state index in [0.717, 1.165) is 12.1 Å². The van der Waals surface area contributed by atoms with Gasteiger partial charge in [0.05, 0.1) is 52.1 Å². The summed E-state index contributed by atoms with van der Waals surface area (Å²) in [6, 6.07) is 5.03. The fraction of sp³-hybridized carbons (Fsp3) is 0.381. The third kappa shape index (κ3) is 7.40. The van der Waals surface area contributed by atoms with Crippen molar-refractivity contribution < 1.29 is 28.9 Å². The second-order valence-electron chi connectivity index (χ2n) is 7.20. The first kappa shape index (κ1) is 28.5. The third-order valence-corrected chi connectivity index (χ3v) is 5.38. The number of nitrogens with one attached hydrogen (secondary N) is 1. The van der Waals surface area contributed by atoms with Gasteiger partial charge in [-0.1, -0.05) is 0 Å². The summed E-state index contributed by atoms with van der Waals surface area (Å²) >= 11 is 3.09. The number of carbonyl (C=O) groups excluding carboxylic acids is 1. The van der Waals surface area contributed by atoms with E-state index in [0.29, 0.717) is 37.7 Å². The lowest BCUT2D eigenvalue weighted by molar-refractivity contribution is -0.393. The molecule has 0 aromatic heterocycles. The van der Waals surface area contributed by atoms with Crippen LogP contribution < -0.4 is 15.0 Å². The zero-order valence-electron chi connectivity index (χ0n) is 20.0. The van der Waals surface area contributed by atoms with Crippen LogP contribution in [-0.2, 0) is 14.3 Å². The van der Waals surface area contributed by atoms with E-state index in [9.17, 15) is 25.0 Å². The molecule has 0 bridgehead atoms. The topological polar surface area (TPSA) is 171 Å². The van der Waals surface area contributed by atoms with Gasteiger partial charge in [0.1, 0.15) is 11.4 Å². The Morgan fingerprint density at radius 2 is 1.67 bits per heavy atom. The number of nitro benzene ring substituents is 2. The van der Waals surface area contributed by atoms with Crippen LogP contribution in [0.25, 0.3) is 0 Å². The van der Waals surface area contributed by atoms with Crippen LogP contribution in [0.5, 0.6) is 5.75 Å². The number of halogens is 1. The average molecular weight is 569 g/mol. The van der Waals surface area contributed by atoms with Gasteiger partial charge in [-0.15, -0.1) is 10.2 Å². The molecule has 2 aromatic rings.